The van der Waals surface area contributed by atoms with Crippen LogP contribution in [0.5, 0.6) is 0 Å². The molecule has 0 aromatic heterocycles. The third-order valence-corrected chi connectivity index (χ3v) is 3.36. The molecule has 88 valence electrons. The SMILES string of the molecule is CSC(=NC#N)N(CC(N)=O)C1CCCC1. The first-order valence-electron chi connectivity index (χ1n) is 5.24. The lowest BCUT2D eigenvalue weighted by Crippen LogP contribution is -2.42. The van der Waals surface area contributed by atoms with Crippen LogP contribution in [-0.2, 0) is 4.79 Å². The van der Waals surface area contributed by atoms with Gasteiger partial charge in [0.2, 0.25) is 12.1 Å². The Morgan fingerprint density at radius 3 is 2.69 bits per heavy atom. The van der Waals surface area contributed by atoms with Crippen LogP contribution >= 0.6 is 11.8 Å². The molecule has 6 heteroatoms. The molecule has 1 aliphatic rings. The van der Waals surface area contributed by atoms with Crippen molar-refractivity contribution in [1.82, 2.24) is 4.90 Å². The standard InChI is InChI=1S/C10H16N4OS/c1-16-10(13-7-11)14(6-9(12)15)8-4-2-3-5-8/h8H,2-6H2,1H3,(H2,12,15). The molecular formula is C10H16N4OS. The normalized spacial score (nSPS) is 17.1. The molecule has 0 bridgehead atoms. The number of hydrogen-bond donors (Lipinski definition) is 1. The fraction of sp³-hybridized carbons (Fsp3) is 0.700. The van der Waals surface area contributed by atoms with Crippen molar-refractivity contribution in [1.29, 1.82) is 5.26 Å². The second-order valence-corrected chi connectivity index (χ2v) is 4.50. The second-order valence-electron chi connectivity index (χ2n) is 3.73. The number of rotatable bonds is 3. The lowest BCUT2D eigenvalue weighted by atomic mass is 10.2. The van der Waals surface area contributed by atoms with Crippen LogP contribution in [0.25, 0.3) is 0 Å². The van der Waals surface area contributed by atoms with Crippen LogP contribution in [0.15, 0.2) is 4.99 Å². The quantitative estimate of drug-likeness (QED) is 0.451. The van der Waals surface area contributed by atoms with Crippen molar-refractivity contribution in [2.75, 3.05) is 12.8 Å². The van der Waals surface area contributed by atoms with E-state index in [2.05, 4.69) is 4.99 Å². The first-order valence-corrected chi connectivity index (χ1v) is 6.47. The van der Waals surface area contributed by atoms with Gasteiger partial charge >= 0.3 is 0 Å². The zero-order chi connectivity index (χ0) is 12.0. The molecule has 1 rings (SSSR count). The van der Waals surface area contributed by atoms with E-state index in [-0.39, 0.29) is 12.5 Å². The number of primary amides is 1. The van der Waals surface area contributed by atoms with Crippen molar-refractivity contribution in [2.24, 2.45) is 10.7 Å². The van der Waals surface area contributed by atoms with Crippen LogP contribution in [0.4, 0.5) is 0 Å². The van der Waals surface area contributed by atoms with E-state index in [0.717, 1.165) is 25.7 Å². The van der Waals surface area contributed by atoms with Crippen molar-refractivity contribution >= 4 is 22.8 Å². The number of amidine groups is 1. The Balaban J connectivity index is 2.80. The molecule has 5 nitrogen and oxygen atoms in total. The Morgan fingerprint density at radius 1 is 1.62 bits per heavy atom. The third-order valence-electron chi connectivity index (χ3n) is 2.67. The zero-order valence-electron chi connectivity index (χ0n) is 9.35. The van der Waals surface area contributed by atoms with Crippen LogP contribution in [-0.4, -0.2) is 34.8 Å². The highest BCUT2D eigenvalue weighted by Gasteiger charge is 2.26. The molecule has 0 aromatic carbocycles. The number of nitrogens with zero attached hydrogens (tertiary/aromatic N) is 3. The highest BCUT2D eigenvalue weighted by molar-refractivity contribution is 8.13. The summed E-state index contributed by atoms with van der Waals surface area (Å²) in [5.74, 6) is -0.383. The van der Waals surface area contributed by atoms with E-state index in [0.29, 0.717) is 11.2 Å². The molecule has 1 aliphatic carbocycles. The predicted octanol–water partition coefficient (Wildman–Crippen LogP) is 0.916. The molecule has 0 aromatic rings. The summed E-state index contributed by atoms with van der Waals surface area (Å²) in [5.41, 5.74) is 5.22. The lowest BCUT2D eigenvalue weighted by molar-refractivity contribution is -0.118. The van der Waals surface area contributed by atoms with Gasteiger partial charge in [-0.25, -0.2) is 0 Å². The van der Waals surface area contributed by atoms with Gasteiger partial charge in [-0.3, -0.25) is 4.79 Å². The molecule has 1 saturated carbocycles. The molecule has 0 atom stereocenters. The number of amides is 1. The van der Waals surface area contributed by atoms with E-state index in [1.165, 1.54) is 11.8 Å². The van der Waals surface area contributed by atoms with Gasteiger partial charge in [-0.05, 0) is 19.1 Å². The Labute approximate surface area is 99.7 Å². The molecule has 16 heavy (non-hydrogen) atoms. The predicted molar refractivity (Wildman–Crippen MR) is 64.7 cm³/mol. The summed E-state index contributed by atoms with van der Waals surface area (Å²) < 4.78 is 0. The fourth-order valence-electron chi connectivity index (χ4n) is 2.01. The third kappa shape index (κ3) is 3.42. The maximum Gasteiger partial charge on any atom is 0.237 e. The number of nitrogens with two attached hydrogens (primary N) is 1. The van der Waals surface area contributed by atoms with Crippen molar-refractivity contribution in [3.05, 3.63) is 0 Å². The average Bonchev–Trinajstić information content (AvgIpc) is 2.76. The number of aliphatic imine (C=N–C) groups is 1. The van der Waals surface area contributed by atoms with Crippen LogP contribution < -0.4 is 5.73 Å². The summed E-state index contributed by atoms with van der Waals surface area (Å²) in [7, 11) is 0. The van der Waals surface area contributed by atoms with Gasteiger partial charge in [0.25, 0.3) is 0 Å². The Hall–Kier alpha value is -1.22. The van der Waals surface area contributed by atoms with E-state index in [4.69, 9.17) is 11.0 Å². The molecule has 0 aliphatic heterocycles. The molecular weight excluding hydrogens is 224 g/mol. The van der Waals surface area contributed by atoms with E-state index in [1.807, 2.05) is 11.2 Å². The largest absolute Gasteiger partial charge is 0.368 e. The highest BCUT2D eigenvalue weighted by atomic mass is 32.2. The molecule has 0 radical (unpaired) electrons. The molecule has 0 unspecified atom stereocenters. The summed E-state index contributed by atoms with van der Waals surface area (Å²) in [5, 5.41) is 9.19. The molecule has 0 saturated heterocycles. The van der Waals surface area contributed by atoms with Crippen LogP contribution in [0.3, 0.4) is 0 Å². The minimum absolute atomic E-state index is 0.145. The molecule has 0 spiro atoms. The van der Waals surface area contributed by atoms with Gasteiger partial charge in [-0.2, -0.15) is 5.26 Å². The molecule has 1 amide bonds. The average molecular weight is 240 g/mol. The summed E-state index contributed by atoms with van der Waals surface area (Å²) in [6.45, 7) is 0.145. The number of carbonyl (C=O) groups is 1. The Kier molecular flexibility index (Phi) is 5.12. The molecule has 2 N–H and O–H groups in total. The maximum absolute atomic E-state index is 11.0. The number of thioether (sulfide) groups is 1. The van der Waals surface area contributed by atoms with E-state index in [9.17, 15) is 4.79 Å². The number of carbonyl (C=O) groups excluding carboxylic acids is 1. The van der Waals surface area contributed by atoms with Crippen molar-refractivity contribution in [3.63, 3.8) is 0 Å². The van der Waals surface area contributed by atoms with Crippen LogP contribution in [0, 0.1) is 11.5 Å². The molecule has 0 heterocycles. The topological polar surface area (TPSA) is 82.5 Å². The maximum atomic E-state index is 11.0. The lowest BCUT2D eigenvalue weighted by Gasteiger charge is -2.29. The Morgan fingerprint density at radius 2 is 2.25 bits per heavy atom. The first-order chi connectivity index (χ1) is 7.69. The summed E-state index contributed by atoms with van der Waals surface area (Å²) in [4.78, 5) is 16.6. The van der Waals surface area contributed by atoms with Crippen LogP contribution in [0.2, 0.25) is 0 Å². The van der Waals surface area contributed by atoms with Crippen molar-refractivity contribution < 1.29 is 4.79 Å². The second kappa shape index (κ2) is 6.38. The zero-order valence-corrected chi connectivity index (χ0v) is 10.2. The van der Waals surface area contributed by atoms with Crippen LogP contribution in [0.1, 0.15) is 25.7 Å². The van der Waals surface area contributed by atoms with Gasteiger partial charge in [-0.1, -0.05) is 24.6 Å². The molecule has 1 fully saturated rings. The first kappa shape index (κ1) is 12.8. The monoisotopic (exact) mass is 240 g/mol. The van der Waals surface area contributed by atoms with Gasteiger partial charge in [-0.15, -0.1) is 4.99 Å². The summed E-state index contributed by atoms with van der Waals surface area (Å²) in [6.07, 6.45) is 8.02. The smallest absolute Gasteiger partial charge is 0.237 e. The minimum Gasteiger partial charge on any atom is -0.368 e. The van der Waals surface area contributed by atoms with Gasteiger partial charge < -0.3 is 10.6 Å². The van der Waals surface area contributed by atoms with Gasteiger partial charge in [0.05, 0.1) is 6.54 Å². The summed E-state index contributed by atoms with van der Waals surface area (Å²) >= 11 is 1.38. The summed E-state index contributed by atoms with van der Waals surface area (Å²) in [6, 6.07) is 0.298. The van der Waals surface area contributed by atoms with Crippen molar-refractivity contribution in [2.45, 2.75) is 31.7 Å². The Bertz CT molecular complexity index is 317. The van der Waals surface area contributed by atoms with Gasteiger partial charge in [0.1, 0.15) is 0 Å². The van der Waals surface area contributed by atoms with Gasteiger partial charge in [0.15, 0.2) is 5.17 Å². The van der Waals surface area contributed by atoms with E-state index < -0.39 is 0 Å². The van der Waals surface area contributed by atoms with Gasteiger partial charge in [0, 0.05) is 6.04 Å². The van der Waals surface area contributed by atoms with E-state index >= 15 is 0 Å². The van der Waals surface area contributed by atoms with E-state index in [1.54, 1.807) is 6.19 Å². The number of hydrogen-bond acceptors (Lipinski definition) is 4. The fourth-order valence-corrected chi connectivity index (χ4v) is 2.59. The number of nitriles is 1. The van der Waals surface area contributed by atoms with Crippen molar-refractivity contribution in [3.8, 4) is 6.19 Å². The highest BCUT2D eigenvalue weighted by Crippen LogP contribution is 2.25. The minimum atomic E-state index is -0.383.